The van der Waals surface area contributed by atoms with Gasteiger partial charge in [-0.2, -0.15) is 0 Å². The summed E-state index contributed by atoms with van der Waals surface area (Å²) >= 11 is 0. The molecule has 1 rings (SSSR count). The first kappa shape index (κ1) is 7.34. The van der Waals surface area contributed by atoms with Gasteiger partial charge in [-0.1, -0.05) is 0 Å². The van der Waals surface area contributed by atoms with Gasteiger partial charge in [0, 0.05) is 0 Å². The SMILES string of the molecule is NC(=O)N[C@H]1CCC[C@@H]1O. The quantitative estimate of drug-likeness (QED) is 0.467. The summed E-state index contributed by atoms with van der Waals surface area (Å²) in [6, 6.07) is -0.663. The molecule has 0 radical (unpaired) electrons. The van der Waals surface area contributed by atoms with E-state index in [0.29, 0.717) is 0 Å². The molecule has 0 aliphatic heterocycles. The molecule has 1 aliphatic carbocycles. The lowest BCUT2D eigenvalue weighted by molar-refractivity contribution is 0.151. The third-order valence-corrected chi connectivity index (χ3v) is 1.81. The van der Waals surface area contributed by atoms with Crippen LogP contribution in [-0.2, 0) is 0 Å². The minimum absolute atomic E-state index is 0.113. The van der Waals surface area contributed by atoms with E-state index < -0.39 is 12.1 Å². The fourth-order valence-corrected chi connectivity index (χ4v) is 1.29. The molecule has 1 saturated carbocycles. The van der Waals surface area contributed by atoms with Crippen LogP contribution in [0.2, 0.25) is 0 Å². The smallest absolute Gasteiger partial charge is 0.312 e. The Labute approximate surface area is 59.4 Å². The Morgan fingerprint density at radius 3 is 2.70 bits per heavy atom. The van der Waals surface area contributed by atoms with Crippen molar-refractivity contribution in [3.05, 3.63) is 0 Å². The Morgan fingerprint density at radius 1 is 1.60 bits per heavy atom. The van der Waals surface area contributed by atoms with Crippen LogP contribution in [0.15, 0.2) is 0 Å². The van der Waals surface area contributed by atoms with Gasteiger partial charge in [-0.3, -0.25) is 0 Å². The Kier molecular flexibility index (Phi) is 2.11. The summed E-state index contributed by atoms with van der Waals surface area (Å²) in [4.78, 5) is 10.3. The first-order valence-electron chi connectivity index (χ1n) is 3.44. The van der Waals surface area contributed by atoms with Gasteiger partial charge in [-0.15, -0.1) is 0 Å². The Morgan fingerprint density at radius 2 is 2.30 bits per heavy atom. The zero-order valence-corrected chi connectivity index (χ0v) is 5.71. The number of nitrogens with one attached hydrogen (secondary N) is 1. The molecule has 2 atom stereocenters. The van der Waals surface area contributed by atoms with Crippen LogP contribution < -0.4 is 11.1 Å². The molecular weight excluding hydrogens is 132 g/mol. The predicted octanol–water partition coefficient (Wildman–Crippen LogP) is -0.432. The lowest BCUT2D eigenvalue weighted by atomic mass is 10.2. The maximum atomic E-state index is 10.3. The zero-order valence-electron chi connectivity index (χ0n) is 5.71. The number of hydrogen-bond acceptors (Lipinski definition) is 2. The van der Waals surface area contributed by atoms with Crippen molar-refractivity contribution in [3.63, 3.8) is 0 Å². The molecule has 0 aromatic rings. The van der Waals surface area contributed by atoms with E-state index in [1.807, 2.05) is 0 Å². The summed E-state index contributed by atoms with van der Waals surface area (Å²) in [6.07, 6.45) is 2.17. The number of urea groups is 1. The van der Waals surface area contributed by atoms with E-state index in [2.05, 4.69) is 5.32 Å². The molecular formula is C6H12N2O2. The molecule has 4 nitrogen and oxygen atoms in total. The monoisotopic (exact) mass is 144 g/mol. The van der Waals surface area contributed by atoms with E-state index in [-0.39, 0.29) is 6.04 Å². The summed E-state index contributed by atoms with van der Waals surface area (Å²) < 4.78 is 0. The zero-order chi connectivity index (χ0) is 7.56. The average molecular weight is 144 g/mol. The molecule has 4 N–H and O–H groups in total. The standard InChI is InChI=1S/C6H12N2O2/c7-6(10)8-4-2-1-3-5(4)9/h4-5,9H,1-3H2,(H3,7,8,10)/t4-,5-/m0/s1. The van der Waals surface area contributed by atoms with Gasteiger partial charge in [-0.05, 0) is 19.3 Å². The Bertz CT molecular complexity index is 138. The van der Waals surface area contributed by atoms with E-state index in [9.17, 15) is 4.79 Å². The van der Waals surface area contributed by atoms with Crippen LogP contribution in [0.1, 0.15) is 19.3 Å². The number of nitrogens with two attached hydrogens (primary N) is 1. The topological polar surface area (TPSA) is 75.4 Å². The van der Waals surface area contributed by atoms with Gasteiger partial charge in [0.1, 0.15) is 0 Å². The van der Waals surface area contributed by atoms with Crippen LogP contribution in [0.4, 0.5) is 4.79 Å². The molecule has 2 amide bonds. The minimum atomic E-state index is -0.550. The van der Waals surface area contributed by atoms with E-state index in [0.717, 1.165) is 19.3 Å². The lowest BCUT2D eigenvalue weighted by Crippen LogP contribution is -2.42. The molecule has 0 heterocycles. The van der Waals surface area contributed by atoms with Gasteiger partial charge in [0.25, 0.3) is 0 Å². The van der Waals surface area contributed by atoms with Crippen LogP contribution in [0.3, 0.4) is 0 Å². The second-order valence-electron chi connectivity index (χ2n) is 2.61. The number of aliphatic hydroxyl groups excluding tert-OH is 1. The summed E-state index contributed by atoms with van der Waals surface area (Å²) in [5.74, 6) is 0. The molecule has 1 fully saturated rings. The van der Waals surface area contributed by atoms with Crippen molar-refractivity contribution in [2.75, 3.05) is 0 Å². The van der Waals surface area contributed by atoms with Gasteiger partial charge in [-0.25, -0.2) is 4.79 Å². The fraction of sp³-hybridized carbons (Fsp3) is 0.833. The molecule has 0 aromatic carbocycles. The Hall–Kier alpha value is -0.770. The number of amides is 2. The van der Waals surface area contributed by atoms with Crippen LogP contribution >= 0.6 is 0 Å². The van der Waals surface area contributed by atoms with Crippen molar-refractivity contribution in [1.82, 2.24) is 5.32 Å². The van der Waals surface area contributed by atoms with Crippen molar-refractivity contribution in [3.8, 4) is 0 Å². The predicted molar refractivity (Wildman–Crippen MR) is 36.4 cm³/mol. The van der Waals surface area contributed by atoms with Crippen LogP contribution in [0.5, 0.6) is 0 Å². The van der Waals surface area contributed by atoms with Gasteiger partial charge >= 0.3 is 6.03 Å². The third-order valence-electron chi connectivity index (χ3n) is 1.81. The highest BCUT2D eigenvalue weighted by atomic mass is 16.3. The number of hydrogen-bond donors (Lipinski definition) is 3. The van der Waals surface area contributed by atoms with Crippen molar-refractivity contribution in [2.45, 2.75) is 31.4 Å². The van der Waals surface area contributed by atoms with E-state index in [1.165, 1.54) is 0 Å². The summed E-state index contributed by atoms with van der Waals surface area (Å²) in [6.45, 7) is 0. The van der Waals surface area contributed by atoms with Crippen molar-refractivity contribution in [2.24, 2.45) is 5.73 Å². The average Bonchev–Trinajstić information content (AvgIpc) is 2.15. The Balaban J connectivity index is 2.33. The van der Waals surface area contributed by atoms with Gasteiger partial charge in [0.05, 0.1) is 12.1 Å². The van der Waals surface area contributed by atoms with Crippen LogP contribution in [-0.4, -0.2) is 23.3 Å². The molecule has 0 spiro atoms. The van der Waals surface area contributed by atoms with E-state index >= 15 is 0 Å². The first-order valence-corrected chi connectivity index (χ1v) is 3.44. The molecule has 0 aromatic heterocycles. The number of aliphatic hydroxyl groups is 1. The molecule has 0 saturated heterocycles. The number of primary amides is 1. The summed E-state index contributed by atoms with van der Waals surface area (Å²) in [5, 5.41) is 11.6. The molecule has 0 unspecified atom stereocenters. The largest absolute Gasteiger partial charge is 0.391 e. The van der Waals surface area contributed by atoms with Gasteiger partial charge in [0.15, 0.2) is 0 Å². The van der Waals surface area contributed by atoms with Crippen molar-refractivity contribution < 1.29 is 9.90 Å². The third kappa shape index (κ3) is 1.60. The fourth-order valence-electron chi connectivity index (χ4n) is 1.29. The van der Waals surface area contributed by atoms with E-state index in [1.54, 1.807) is 0 Å². The molecule has 4 heteroatoms. The van der Waals surface area contributed by atoms with Crippen LogP contribution in [0.25, 0.3) is 0 Å². The number of carbonyl (C=O) groups is 1. The molecule has 1 aliphatic rings. The maximum absolute atomic E-state index is 10.3. The highest BCUT2D eigenvalue weighted by Crippen LogP contribution is 2.18. The van der Waals surface area contributed by atoms with Gasteiger partial charge in [0.2, 0.25) is 0 Å². The lowest BCUT2D eigenvalue weighted by Gasteiger charge is -2.13. The van der Waals surface area contributed by atoms with Gasteiger partial charge < -0.3 is 16.2 Å². The summed E-state index contributed by atoms with van der Waals surface area (Å²) in [5.41, 5.74) is 4.87. The molecule has 58 valence electrons. The molecule has 0 bridgehead atoms. The maximum Gasteiger partial charge on any atom is 0.312 e. The summed E-state index contributed by atoms with van der Waals surface area (Å²) in [7, 11) is 0. The molecule has 10 heavy (non-hydrogen) atoms. The van der Waals surface area contributed by atoms with Crippen molar-refractivity contribution >= 4 is 6.03 Å². The minimum Gasteiger partial charge on any atom is -0.391 e. The van der Waals surface area contributed by atoms with Crippen molar-refractivity contribution in [1.29, 1.82) is 0 Å². The van der Waals surface area contributed by atoms with E-state index in [4.69, 9.17) is 10.8 Å². The second kappa shape index (κ2) is 2.88. The number of rotatable bonds is 1. The highest BCUT2D eigenvalue weighted by molar-refractivity contribution is 5.72. The normalized spacial score (nSPS) is 32.1. The second-order valence-corrected chi connectivity index (χ2v) is 2.61. The highest BCUT2D eigenvalue weighted by Gasteiger charge is 2.25. The first-order chi connectivity index (χ1) is 4.70. The number of carbonyl (C=O) groups excluding carboxylic acids is 1. The van der Waals surface area contributed by atoms with Crippen LogP contribution in [0, 0.1) is 0 Å².